The molecule has 0 aromatic heterocycles. The Labute approximate surface area is 117 Å². The Morgan fingerprint density at radius 3 is 2.89 bits per heavy atom. The van der Waals surface area contributed by atoms with Gasteiger partial charge in [0.25, 0.3) is 0 Å². The topological polar surface area (TPSA) is 35.2 Å². The van der Waals surface area contributed by atoms with Crippen LogP contribution in [-0.4, -0.2) is 18.8 Å². The molecule has 1 saturated heterocycles. The van der Waals surface area contributed by atoms with Gasteiger partial charge in [-0.3, -0.25) is 0 Å². The molecule has 0 saturated carbocycles. The van der Waals surface area contributed by atoms with Gasteiger partial charge in [-0.05, 0) is 63.0 Å². The lowest BCUT2D eigenvalue weighted by molar-refractivity contribution is 0.101. The van der Waals surface area contributed by atoms with E-state index in [0.717, 1.165) is 25.9 Å². The SMILES string of the molecule is Cc1ccccc1CCC(N)CCCC1CCCO1. The van der Waals surface area contributed by atoms with E-state index in [1.807, 2.05) is 0 Å². The van der Waals surface area contributed by atoms with E-state index in [2.05, 4.69) is 31.2 Å². The molecule has 2 rings (SSSR count). The third-order valence-corrected chi connectivity index (χ3v) is 4.17. The lowest BCUT2D eigenvalue weighted by Crippen LogP contribution is -2.21. The van der Waals surface area contributed by atoms with Crippen molar-refractivity contribution in [3.8, 4) is 0 Å². The fraction of sp³-hybridized carbons (Fsp3) is 0.647. The van der Waals surface area contributed by atoms with Gasteiger partial charge in [0.1, 0.15) is 0 Å². The Morgan fingerprint density at radius 1 is 1.32 bits per heavy atom. The second-order valence-corrected chi connectivity index (χ2v) is 5.79. The molecule has 2 N–H and O–H groups in total. The summed E-state index contributed by atoms with van der Waals surface area (Å²) >= 11 is 0. The molecule has 0 bridgehead atoms. The molecule has 1 aromatic rings. The van der Waals surface area contributed by atoms with Crippen molar-refractivity contribution in [3.05, 3.63) is 35.4 Å². The maximum Gasteiger partial charge on any atom is 0.0576 e. The summed E-state index contributed by atoms with van der Waals surface area (Å²) in [5, 5.41) is 0. The number of nitrogens with two attached hydrogens (primary N) is 1. The number of hydrogen-bond donors (Lipinski definition) is 1. The average molecular weight is 261 g/mol. The van der Waals surface area contributed by atoms with Crippen molar-refractivity contribution in [2.45, 2.75) is 64.0 Å². The number of aryl methyl sites for hydroxylation is 2. The van der Waals surface area contributed by atoms with Crippen molar-refractivity contribution >= 4 is 0 Å². The van der Waals surface area contributed by atoms with Crippen LogP contribution in [0, 0.1) is 6.92 Å². The Bertz CT molecular complexity index is 371. The molecule has 2 atom stereocenters. The van der Waals surface area contributed by atoms with E-state index in [1.165, 1.54) is 36.8 Å². The van der Waals surface area contributed by atoms with Gasteiger partial charge < -0.3 is 10.5 Å². The standard InChI is InChI=1S/C17H27NO/c1-14-6-2-3-7-15(14)11-12-16(18)8-4-9-17-10-5-13-19-17/h2-3,6-7,16-17H,4-5,8-13,18H2,1H3. The van der Waals surface area contributed by atoms with E-state index in [4.69, 9.17) is 10.5 Å². The van der Waals surface area contributed by atoms with Crippen molar-refractivity contribution in [1.29, 1.82) is 0 Å². The largest absolute Gasteiger partial charge is 0.378 e. The quantitative estimate of drug-likeness (QED) is 0.814. The van der Waals surface area contributed by atoms with Crippen LogP contribution in [0.4, 0.5) is 0 Å². The Kier molecular flexibility index (Phi) is 5.87. The van der Waals surface area contributed by atoms with Crippen LogP contribution in [0.15, 0.2) is 24.3 Å². The minimum atomic E-state index is 0.334. The summed E-state index contributed by atoms with van der Waals surface area (Å²) in [7, 11) is 0. The van der Waals surface area contributed by atoms with Crippen LogP contribution in [-0.2, 0) is 11.2 Å². The lowest BCUT2D eigenvalue weighted by Gasteiger charge is -2.14. The third-order valence-electron chi connectivity index (χ3n) is 4.17. The van der Waals surface area contributed by atoms with Crippen molar-refractivity contribution in [2.75, 3.05) is 6.61 Å². The van der Waals surface area contributed by atoms with Gasteiger partial charge >= 0.3 is 0 Å². The zero-order valence-corrected chi connectivity index (χ0v) is 12.1. The summed E-state index contributed by atoms with van der Waals surface area (Å²) < 4.78 is 5.64. The van der Waals surface area contributed by atoms with Gasteiger partial charge in [-0.1, -0.05) is 24.3 Å². The zero-order chi connectivity index (χ0) is 13.5. The van der Waals surface area contributed by atoms with E-state index in [9.17, 15) is 0 Å². The van der Waals surface area contributed by atoms with Gasteiger partial charge in [-0.2, -0.15) is 0 Å². The second-order valence-electron chi connectivity index (χ2n) is 5.79. The first-order valence-electron chi connectivity index (χ1n) is 7.67. The van der Waals surface area contributed by atoms with E-state index < -0.39 is 0 Å². The number of ether oxygens (including phenoxy) is 1. The predicted molar refractivity (Wildman–Crippen MR) is 80.3 cm³/mol. The molecular weight excluding hydrogens is 234 g/mol. The first-order valence-corrected chi connectivity index (χ1v) is 7.67. The van der Waals surface area contributed by atoms with E-state index in [-0.39, 0.29) is 0 Å². The molecule has 0 aliphatic carbocycles. The fourth-order valence-corrected chi connectivity index (χ4v) is 2.86. The van der Waals surface area contributed by atoms with Crippen LogP contribution in [0.3, 0.4) is 0 Å². The number of benzene rings is 1. The molecule has 0 spiro atoms. The minimum absolute atomic E-state index is 0.334. The molecular formula is C17H27NO. The lowest BCUT2D eigenvalue weighted by atomic mass is 9.98. The van der Waals surface area contributed by atoms with Crippen LogP contribution < -0.4 is 5.73 Å². The fourth-order valence-electron chi connectivity index (χ4n) is 2.86. The molecule has 2 unspecified atom stereocenters. The summed E-state index contributed by atoms with van der Waals surface area (Å²) in [4.78, 5) is 0. The van der Waals surface area contributed by atoms with E-state index >= 15 is 0 Å². The predicted octanol–water partition coefficient (Wildman–Crippen LogP) is 3.60. The molecule has 1 aliphatic heterocycles. The Balaban J connectivity index is 1.61. The van der Waals surface area contributed by atoms with Crippen molar-refractivity contribution in [1.82, 2.24) is 0 Å². The zero-order valence-electron chi connectivity index (χ0n) is 12.1. The number of rotatable bonds is 7. The molecule has 2 heteroatoms. The molecule has 19 heavy (non-hydrogen) atoms. The molecule has 1 aromatic carbocycles. The van der Waals surface area contributed by atoms with Gasteiger partial charge in [0, 0.05) is 12.6 Å². The smallest absolute Gasteiger partial charge is 0.0576 e. The molecule has 0 amide bonds. The Hall–Kier alpha value is -0.860. The molecule has 2 nitrogen and oxygen atoms in total. The van der Waals surface area contributed by atoms with Gasteiger partial charge in [-0.15, -0.1) is 0 Å². The molecule has 1 heterocycles. The highest BCUT2D eigenvalue weighted by Crippen LogP contribution is 2.19. The highest BCUT2D eigenvalue weighted by molar-refractivity contribution is 5.25. The van der Waals surface area contributed by atoms with Gasteiger partial charge in [-0.25, -0.2) is 0 Å². The van der Waals surface area contributed by atoms with Crippen LogP contribution in [0.5, 0.6) is 0 Å². The summed E-state index contributed by atoms with van der Waals surface area (Å²) in [6.07, 6.45) is 8.74. The average Bonchev–Trinajstić information content (AvgIpc) is 2.91. The van der Waals surface area contributed by atoms with Gasteiger partial charge in [0.15, 0.2) is 0 Å². The summed E-state index contributed by atoms with van der Waals surface area (Å²) in [6, 6.07) is 8.94. The molecule has 106 valence electrons. The first-order chi connectivity index (χ1) is 9.25. The third kappa shape index (κ3) is 4.96. The highest BCUT2D eigenvalue weighted by Gasteiger charge is 2.15. The first kappa shape index (κ1) is 14.5. The van der Waals surface area contributed by atoms with Crippen molar-refractivity contribution < 1.29 is 4.74 Å². The summed E-state index contributed by atoms with van der Waals surface area (Å²) in [6.45, 7) is 3.14. The van der Waals surface area contributed by atoms with E-state index in [0.29, 0.717) is 12.1 Å². The monoisotopic (exact) mass is 261 g/mol. The van der Waals surface area contributed by atoms with Crippen LogP contribution in [0.25, 0.3) is 0 Å². The second kappa shape index (κ2) is 7.66. The number of hydrogen-bond acceptors (Lipinski definition) is 2. The maximum atomic E-state index is 6.22. The van der Waals surface area contributed by atoms with Gasteiger partial charge in [0.2, 0.25) is 0 Å². The molecule has 1 aliphatic rings. The van der Waals surface area contributed by atoms with E-state index in [1.54, 1.807) is 0 Å². The van der Waals surface area contributed by atoms with Crippen LogP contribution >= 0.6 is 0 Å². The Morgan fingerprint density at radius 2 is 2.16 bits per heavy atom. The molecule has 1 fully saturated rings. The summed E-state index contributed by atoms with van der Waals surface area (Å²) in [5.74, 6) is 0. The summed E-state index contributed by atoms with van der Waals surface area (Å²) in [5.41, 5.74) is 9.04. The van der Waals surface area contributed by atoms with Crippen molar-refractivity contribution in [2.24, 2.45) is 5.73 Å². The molecule has 0 radical (unpaired) electrons. The normalized spacial score (nSPS) is 20.6. The van der Waals surface area contributed by atoms with Crippen LogP contribution in [0.1, 0.15) is 49.7 Å². The maximum absolute atomic E-state index is 6.22. The minimum Gasteiger partial charge on any atom is -0.378 e. The van der Waals surface area contributed by atoms with Crippen LogP contribution in [0.2, 0.25) is 0 Å². The van der Waals surface area contributed by atoms with Gasteiger partial charge in [0.05, 0.1) is 6.10 Å². The highest BCUT2D eigenvalue weighted by atomic mass is 16.5. The van der Waals surface area contributed by atoms with Crippen molar-refractivity contribution in [3.63, 3.8) is 0 Å².